The molecule has 0 amide bonds. The topological polar surface area (TPSA) is 16.8 Å². The summed E-state index contributed by atoms with van der Waals surface area (Å²) in [7, 11) is 3.86. The normalized spacial score (nSPS) is 26.4. The summed E-state index contributed by atoms with van der Waals surface area (Å²) in [4.78, 5) is 6.00. The van der Waals surface area contributed by atoms with E-state index in [4.69, 9.17) is 11.3 Å². The number of hydrogen-bond acceptors (Lipinski definition) is 2. The van der Waals surface area contributed by atoms with Gasteiger partial charge < -0.3 is 9.64 Å². The summed E-state index contributed by atoms with van der Waals surface area (Å²) in [5.74, 6) is 0.755. The summed E-state index contributed by atoms with van der Waals surface area (Å²) in [5.41, 5.74) is 0. The van der Waals surface area contributed by atoms with Crippen LogP contribution in [0.4, 0.5) is 0 Å². The van der Waals surface area contributed by atoms with Gasteiger partial charge in [0.05, 0.1) is 0 Å². The molecule has 0 aromatic carbocycles. The van der Waals surface area contributed by atoms with E-state index < -0.39 is 0 Å². The maximum atomic E-state index is 5.38. The van der Waals surface area contributed by atoms with Crippen LogP contribution in [0.5, 0.6) is 0 Å². The Morgan fingerprint density at radius 2 is 2.31 bits per heavy atom. The third-order valence-corrected chi connectivity index (χ3v) is 2.83. The number of hydrogen-bond donors (Lipinski definition) is 0. The molecule has 1 heterocycles. The average molecular weight is 375 g/mol. The molecule has 5 heteroatoms. The van der Waals surface area contributed by atoms with E-state index in [1.807, 2.05) is 0 Å². The molecule has 0 aromatic heterocycles. The van der Waals surface area contributed by atoms with E-state index in [0.29, 0.717) is 25.0 Å². The van der Waals surface area contributed by atoms with E-state index in [1.54, 1.807) is 7.11 Å². The van der Waals surface area contributed by atoms with Gasteiger partial charge in [-0.3, -0.25) is 0 Å². The number of rotatable bonds is 3. The zero-order chi connectivity index (χ0) is 12.6. The van der Waals surface area contributed by atoms with Crippen LogP contribution in [0.3, 0.4) is 0 Å². The van der Waals surface area contributed by atoms with Crippen LogP contribution in [-0.2, 0) is 17.2 Å². The van der Waals surface area contributed by atoms with Gasteiger partial charge in [0.2, 0.25) is 0 Å². The number of ether oxygens (including phenoxy) is 1. The van der Waals surface area contributed by atoms with Crippen LogP contribution in [-0.4, -0.2) is 49.5 Å². The molecular weight excluding hydrogens is 354 g/mol. The Hall–Kier alpha value is 0.594. The molecule has 0 N–H and O–H groups in total. The minimum absolute atomic E-state index is 0.153. The van der Waals surface area contributed by atoms with Crippen molar-refractivity contribution in [2.45, 2.75) is 25.5 Å². The molecule has 0 aromatic rings. The summed E-state index contributed by atoms with van der Waals surface area (Å²) < 4.78 is 5.38. The first-order valence-corrected chi connectivity index (χ1v) is 10.8. The van der Waals surface area contributed by atoms with Crippen LogP contribution in [0.1, 0.15) is 13.3 Å². The third kappa shape index (κ3) is 5.78. The van der Waals surface area contributed by atoms with Gasteiger partial charge in [-0.1, -0.05) is 11.8 Å². The van der Waals surface area contributed by atoms with E-state index in [-0.39, 0.29) is 6.10 Å². The number of likely N-dealkylation sites (N-methyl/N-ethyl adjacent to an activating group) is 1. The Kier molecular flexibility index (Phi) is 9.96. The second kappa shape index (κ2) is 9.61. The Labute approximate surface area is 117 Å². The molecule has 92 valence electrons. The fourth-order valence-electron chi connectivity index (χ4n) is 2.19. The van der Waals surface area contributed by atoms with Gasteiger partial charge in [-0.2, -0.15) is 0 Å². The number of halogens is 1. The van der Waals surface area contributed by atoms with Gasteiger partial charge in [0.25, 0.3) is 13.1 Å². The molecular formula is C11H21IN2OV+. The SMILES string of the molecule is C#[N+]CC(OC)C1CC(C)CN1C.[CH2]=[V][I]. The average Bonchev–Trinajstić information content (AvgIpc) is 2.55. The van der Waals surface area contributed by atoms with E-state index in [9.17, 15) is 0 Å². The molecule has 3 atom stereocenters. The zero-order valence-corrected chi connectivity index (χ0v) is 13.8. The third-order valence-electron chi connectivity index (χ3n) is 2.83. The second-order valence-corrected chi connectivity index (χ2v) is 7.29. The summed E-state index contributed by atoms with van der Waals surface area (Å²) in [6, 6.07) is 0.479. The molecule has 0 spiro atoms. The van der Waals surface area contributed by atoms with Crippen molar-refractivity contribution in [3.63, 3.8) is 0 Å². The fourth-order valence-corrected chi connectivity index (χ4v) is 2.19. The Balaban J connectivity index is 0.000000673. The minimum atomic E-state index is 0.153. The van der Waals surface area contributed by atoms with Crippen molar-refractivity contribution >= 4 is 25.2 Å². The van der Waals surface area contributed by atoms with Crippen LogP contribution < -0.4 is 0 Å². The molecule has 0 aliphatic carbocycles. The standard InChI is InChI=1S/C10H19N2O.CH2.HI.V/c1-8-5-9(12(3)7-8)10(13-4)6-11-2;;;/h2,8-10H,5-7H2,1,3-4H3;1H2;1H;/q+1;;;+1/p-1. The molecule has 1 aliphatic heterocycles. The number of likely N-dealkylation sites (tertiary alicyclic amines) is 1. The summed E-state index contributed by atoms with van der Waals surface area (Å²) in [6.45, 7) is 9.19. The monoisotopic (exact) mass is 375 g/mol. The van der Waals surface area contributed by atoms with Gasteiger partial charge in [0.15, 0.2) is 0 Å². The molecule has 1 saturated heterocycles. The predicted molar refractivity (Wildman–Crippen MR) is 75.3 cm³/mol. The Morgan fingerprint density at radius 3 is 2.62 bits per heavy atom. The van der Waals surface area contributed by atoms with Gasteiger partial charge >= 0.3 is 37.6 Å². The number of nitrogens with zero attached hydrogens (tertiary/aromatic N) is 2. The van der Waals surface area contributed by atoms with E-state index in [0.717, 1.165) is 12.5 Å². The zero-order valence-electron chi connectivity index (χ0n) is 10.3. The quantitative estimate of drug-likeness (QED) is 0.704. The van der Waals surface area contributed by atoms with Crippen LogP contribution in [0.25, 0.3) is 4.85 Å². The van der Waals surface area contributed by atoms with Gasteiger partial charge in [0.1, 0.15) is 6.10 Å². The van der Waals surface area contributed by atoms with Crippen molar-refractivity contribution in [1.82, 2.24) is 4.90 Å². The first-order valence-electron chi connectivity index (χ1n) is 5.27. The molecule has 0 radical (unpaired) electrons. The van der Waals surface area contributed by atoms with E-state index >= 15 is 0 Å². The van der Waals surface area contributed by atoms with Crippen LogP contribution >= 0.6 is 20.0 Å². The maximum absolute atomic E-state index is 5.38. The first kappa shape index (κ1) is 16.6. The van der Waals surface area contributed by atoms with Crippen molar-refractivity contribution in [2.75, 3.05) is 27.2 Å². The first-order chi connectivity index (χ1) is 7.60. The van der Waals surface area contributed by atoms with E-state index in [1.165, 1.54) is 6.42 Å². The number of methoxy groups -OCH3 is 1. The Morgan fingerprint density at radius 1 is 1.75 bits per heavy atom. The summed E-state index contributed by atoms with van der Waals surface area (Å²) in [6.07, 6.45) is 1.34. The fraction of sp³-hybridized carbons (Fsp3) is 0.818. The summed E-state index contributed by atoms with van der Waals surface area (Å²) in [5, 5.41) is 3.57. The molecule has 16 heavy (non-hydrogen) atoms. The summed E-state index contributed by atoms with van der Waals surface area (Å²) >= 11 is 2.68. The predicted octanol–water partition coefficient (Wildman–Crippen LogP) is 2.16. The van der Waals surface area contributed by atoms with Crippen molar-refractivity contribution in [2.24, 2.45) is 5.92 Å². The van der Waals surface area contributed by atoms with E-state index in [2.05, 4.69) is 48.9 Å². The van der Waals surface area contributed by atoms with Gasteiger partial charge in [-0.05, 0) is 19.4 Å². The molecule has 1 rings (SSSR count). The van der Waals surface area contributed by atoms with Crippen LogP contribution in [0.2, 0.25) is 0 Å². The van der Waals surface area contributed by atoms with Gasteiger partial charge in [0, 0.05) is 19.7 Å². The molecule has 3 nitrogen and oxygen atoms in total. The van der Waals surface area contributed by atoms with Crippen molar-refractivity contribution in [3.05, 3.63) is 4.85 Å². The van der Waals surface area contributed by atoms with Crippen molar-refractivity contribution < 1.29 is 17.2 Å². The second-order valence-electron chi connectivity index (χ2n) is 4.11. The van der Waals surface area contributed by atoms with Crippen molar-refractivity contribution in [1.29, 1.82) is 0 Å². The molecule has 1 fully saturated rings. The van der Waals surface area contributed by atoms with Gasteiger partial charge in [-0.25, -0.2) is 0 Å². The molecule has 3 unspecified atom stereocenters. The molecule has 1 aliphatic rings. The molecule has 0 saturated carbocycles. The molecule has 0 bridgehead atoms. The van der Waals surface area contributed by atoms with Crippen LogP contribution in [0.15, 0.2) is 0 Å². The van der Waals surface area contributed by atoms with Crippen LogP contribution in [0, 0.1) is 12.5 Å². The Bertz CT molecular complexity index is 245. The van der Waals surface area contributed by atoms with Gasteiger partial charge in [-0.15, -0.1) is 0 Å². The van der Waals surface area contributed by atoms with Crippen molar-refractivity contribution in [3.8, 4) is 6.57 Å².